The fraction of sp³-hybridized carbons (Fsp3) is 0.647. The van der Waals surface area contributed by atoms with Crippen molar-refractivity contribution in [1.29, 1.82) is 0 Å². The fourth-order valence-electron chi connectivity index (χ4n) is 2.90. The van der Waals surface area contributed by atoms with Crippen molar-refractivity contribution in [2.75, 3.05) is 18.9 Å². The zero-order valence-corrected chi connectivity index (χ0v) is 13.4. The van der Waals surface area contributed by atoms with Gasteiger partial charge in [-0.05, 0) is 37.3 Å². The normalized spacial score (nSPS) is 15.4. The molecule has 21 heavy (non-hydrogen) atoms. The van der Waals surface area contributed by atoms with Crippen LogP contribution in [0.5, 0.6) is 0 Å². The maximum Gasteiger partial charge on any atom is 0.255 e. The van der Waals surface area contributed by atoms with Crippen LogP contribution in [0.25, 0.3) is 0 Å². The fourth-order valence-corrected chi connectivity index (χ4v) is 2.90. The summed E-state index contributed by atoms with van der Waals surface area (Å²) in [5, 5.41) is 2.98. The lowest BCUT2D eigenvalue weighted by Gasteiger charge is -2.29. The highest BCUT2D eigenvalue weighted by Crippen LogP contribution is 2.25. The van der Waals surface area contributed by atoms with E-state index in [9.17, 15) is 4.79 Å². The first-order chi connectivity index (χ1) is 10.1. The Kier molecular flexibility index (Phi) is 5.59. The maximum absolute atomic E-state index is 12.8. The van der Waals surface area contributed by atoms with Crippen LogP contribution in [0.1, 0.15) is 56.3 Å². The van der Waals surface area contributed by atoms with E-state index in [0.717, 1.165) is 31.6 Å². The van der Waals surface area contributed by atoms with Gasteiger partial charge in [0.05, 0.1) is 5.56 Å². The van der Waals surface area contributed by atoms with E-state index in [1.165, 1.54) is 12.8 Å². The van der Waals surface area contributed by atoms with Crippen LogP contribution >= 0.6 is 0 Å². The van der Waals surface area contributed by atoms with Gasteiger partial charge in [0, 0.05) is 25.8 Å². The molecule has 2 rings (SSSR count). The van der Waals surface area contributed by atoms with Crippen molar-refractivity contribution in [3.8, 4) is 0 Å². The van der Waals surface area contributed by atoms with Gasteiger partial charge >= 0.3 is 0 Å². The Balaban J connectivity index is 2.11. The molecule has 1 amide bonds. The zero-order valence-electron chi connectivity index (χ0n) is 13.4. The molecule has 4 heteroatoms. The van der Waals surface area contributed by atoms with Crippen LogP contribution in [-0.2, 0) is 0 Å². The van der Waals surface area contributed by atoms with Crippen LogP contribution < -0.4 is 5.32 Å². The maximum atomic E-state index is 12.8. The second-order valence-corrected chi connectivity index (χ2v) is 6.30. The van der Waals surface area contributed by atoms with Gasteiger partial charge in [-0.1, -0.05) is 26.7 Å². The smallest absolute Gasteiger partial charge is 0.255 e. The molecule has 1 aliphatic carbocycles. The number of rotatable bonds is 6. The lowest BCUT2D eigenvalue weighted by molar-refractivity contribution is 0.0671. The zero-order chi connectivity index (χ0) is 15.2. The molecule has 0 aromatic carbocycles. The largest absolute Gasteiger partial charge is 0.373 e. The van der Waals surface area contributed by atoms with Crippen molar-refractivity contribution in [2.24, 2.45) is 5.92 Å². The number of nitrogens with one attached hydrogen (secondary N) is 1. The summed E-state index contributed by atoms with van der Waals surface area (Å²) in [6.45, 7) is 5.27. The Morgan fingerprint density at radius 1 is 1.38 bits per heavy atom. The van der Waals surface area contributed by atoms with Crippen LogP contribution in [0.4, 0.5) is 5.82 Å². The van der Waals surface area contributed by atoms with Crippen molar-refractivity contribution in [1.82, 2.24) is 9.88 Å². The highest BCUT2D eigenvalue weighted by atomic mass is 16.2. The molecule has 0 saturated heterocycles. The van der Waals surface area contributed by atoms with Gasteiger partial charge in [-0.25, -0.2) is 4.98 Å². The Hall–Kier alpha value is -1.58. The Bertz CT molecular complexity index is 450. The second kappa shape index (κ2) is 7.43. The molecule has 1 aliphatic rings. The van der Waals surface area contributed by atoms with Crippen molar-refractivity contribution in [2.45, 2.75) is 52.0 Å². The number of nitrogens with zero attached hydrogens (tertiary/aromatic N) is 2. The standard InChI is InChI=1S/C17H27N3O/c1-13(2)10-11-20(15-6-4-5-7-15)17(21)14-8-9-16(18-3)19-12-14/h8-9,12-13,15H,4-7,10-11H2,1-3H3,(H,18,19). The lowest BCUT2D eigenvalue weighted by Crippen LogP contribution is -2.40. The van der Waals surface area contributed by atoms with E-state index < -0.39 is 0 Å². The van der Waals surface area contributed by atoms with Crippen LogP contribution in [-0.4, -0.2) is 35.4 Å². The Labute approximate surface area is 127 Å². The minimum atomic E-state index is 0.137. The molecule has 1 aromatic rings. The summed E-state index contributed by atoms with van der Waals surface area (Å²) in [5.74, 6) is 1.55. The molecule has 0 unspecified atom stereocenters. The molecule has 0 atom stereocenters. The summed E-state index contributed by atoms with van der Waals surface area (Å²) in [6.07, 6.45) is 7.52. The molecule has 1 saturated carbocycles. The molecule has 0 spiro atoms. The van der Waals surface area contributed by atoms with Gasteiger partial charge in [-0.15, -0.1) is 0 Å². The number of anilines is 1. The third kappa shape index (κ3) is 4.19. The average Bonchev–Trinajstić information content (AvgIpc) is 3.01. The molecular formula is C17H27N3O. The molecular weight excluding hydrogens is 262 g/mol. The van der Waals surface area contributed by atoms with Gasteiger partial charge in [-0.2, -0.15) is 0 Å². The summed E-state index contributed by atoms with van der Waals surface area (Å²) < 4.78 is 0. The van der Waals surface area contributed by atoms with Gasteiger partial charge in [0.2, 0.25) is 0 Å². The molecule has 1 N–H and O–H groups in total. The average molecular weight is 289 g/mol. The number of hydrogen-bond donors (Lipinski definition) is 1. The summed E-state index contributed by atoms with van der Waals surface area (Å²) in [4.78, 5) is 19.2. The van der Waals surface area contributed by atoms with Crippen molar-refractivity contribution < 1.29 is 4.79 Å². The number of pyridine rings is 1. The summed E-state index contributed by atoms with van der Waals surface area (Å²) in [5.41, 5.74) is 0.699. The highest BCUT2D eigenvalue weighted by Gasteiger charge is 2.27. The van der Waals surface area contributed by atoms with Crippen LogP contribution in [0.2, 0.25) is 0 Å². The highest BCUT2D eigenvalue weighted by molar-refractivity contribution is 5.94. The summed E-state index contributed by atoms with van der Waals surface area (Å²) >= 11 is 0. The van der Waals surface area contributed by atoms with Gasteiger partial charge in [0.15, 0.2) is 0 Å². The molecule has 1 aromatic heterocycles. The van der Waals surface area contributed by atoms with Gasteiger partial charge < -0.3 is 10.2 Å². The van der Waals surface area contributed by atoms with E-state index in [-0.39, 0.29) is 5.91 Å². The molecule has 0 radical (unpaired) electrons. The van der Waals surface area contributed by atoms with Crippen LogP contribution in [0.3, 0.4) is 0 Å². The minimum absolute atomic E-state index is 0.137. The van der Waals surface area contributed by atoms with Gasteiger partial charge in [-0.3, -0.25) is 4.79 Å². The van der Waals surface area contributed by atoms with E-state index in [4.69, 9.17) is 0 Å². The van der Waals surface area contributed by atoms with E-state index in [0.29, 0.717) is 17.5 Å². The van der Waals surface area contributed by atoms with Crippen molar-refractivity contribution >= 4 is 11.7 Å². The molecule has 1 heterocycles. The van der Waals surface area contributed by atoms with Crippen molar-refractivity contribution in [3.63, 3.8) is 0 Å². The summed E-state index contributed by atoms with van der Waals surface area (Å²) in [6, 6.07) is 4.15. The number of carbonyl (C=O) groups excluding carboxylic acids is 1. The number of hydrogen-bond acceptors (Lipinski definition) is 3. The van der Waals surface area contributed by atoms with Gasteiger partial charge in [0.25, 0.3) is 5.91 Å². The molecule has 1 fully saturated rings. The topological polar surface area (TPSA) is 45.2 Å². The van der Waals surface area contributed by atoms with Crippen LogP contribution in [0, 0.1) is 5.92 Å². The van der Waals surface area contributed by atoms with E-state index in [1.807, 2.05) is 19.2 Å². The molecule has 0 bridgehead atoms. The number of amides is 1. The third-order valence-corrected chi connectivity index (χ3v) is 4.24. The third-order valence-electron chi connectivity index (χ3n) is 4.24. The van der Waals surface area contributed by atoms with E-state index in [1.54, 1.807) is 6.20 Å². The van der Waals surface area contributed by atoms with Gasteiger partial charge in [0.1, 0.15) is 5.82 Å². The lowest BCUT2D eigenvalue weighted by atomic mass is 10.1. The SMILES string of the molecule is CNc1ccc(C(=O)N(CCC(C)C)C2CCCC2)cn1. The minimum Gasteiger partial charge on any atom is -0.373 e. The van der Waals surface area contributed by atoms with E-state index in [2.05, 4.69) is 29.0 Å². The van der Waals surface area contributed by atoms with E-state index >= 15 is 0 Å². The second-order valence-electron chi connectivity index (χ2n) is 6.30. The molecule has 116 valence electrons. The Morgan fingerprint density at radius 3 is 2.62 bits per heavy atom. The predicted octanol–water partition coefficient (Wildman–Crippen LogP) is 3.55. The van der Waals surface area contributed by atoms with Crippen LogP contribution in [0.15, 0.2) is 18.3 Å². The first-order valence-electron chi connectivity index (χ1n) is 8.06. The van der Waals surface area contributed by atoms with Crippen molar-refractivity contribution in [3.05, 3.63) is 23.9 Å². The predicted molar refractivity (Wildman–Crippen MR) is 86.5 cm³/mol. The number of carbonyl (C=O) groups is 1. The molecule has 4 nitrogen and oxygen atoms in total. The molecule has 0 aliphatic heterocycles. The Morgan fingerprint density at radius 2 is 2.10 bits per heavy atom. The summed E-state index contributed by atoms with van der Waals surface area (Å²) in [7, 11) is 1.83. The monoisotopic (exact) mass is 289 g/mol. The quantitative estimate of drug-likeness (QED) is 0.871. The number of aromatic nitrogens is 1. The first-order valence-corrected chi connectivity index (χ1v) is 8.06. The first kappa shape index (κ1) is 15.8.